The summed E-state index contributed by atoms with van der Waals surface area (Å²) in [6.07, 6.45) is 0. The summed E-state index contributed by atoms with van der Waals surface area (Å²) in [5, 5.41) is 3.01. The van der Waals surface area contributed by atoms with Gasteiger partial charge in [-0.2, -0.15) is 0 Å². The number of hydrogen-bond acceptors (Lipinski definition) is 4. The van der Waals surface area contributed by atoms with Crippen LogP contribution in [0.15, 0.2) is 84.9 Å². The highest BCUT2D eigenvalue weighted by atomic mass is 16.5. The molecule has 1 aliphatic heterocycles. The van der Waals surface area contributed by atoms with E-state index >= 15 is 0 Å². The second-order valence-electron chi connectivity index (χ2n) is 8.79. The zero-order chi connectivity index (χ0) is 23.1. The minimum Gasteiger partial charge on any atom is -0.364 e. The van der Waals surface area contributed by atoms with Gasteiger partial charge in [0.05, 0.1) is 0 Å². The van der Waals surface area contributed by atoms with Crippen LogP contribution in [0.5, 0.6) is 0 Å². The van der Waals surface area contributed by atoms with E-state index in [1.165, 1.54) is 11.1 Å². The largest absolute Gasteiger partial charge is 0.364 e. The van der Waals surface area contributed by atoms with Crippen molar-refractivity contribution < 1.29 is 9.53 Å². The highest BCUT2D eigenvalue weighted by Crippen LogP contribution is 2.26. The van der Waals surface area contributed by atoms with Crippen molar-refractivity contribution in [2.45, 2.75) is 25.6 Å². The summed E-state index contributed by atoms with van der Waals surface area (Å²) >= 11 is 0. The molecule has 5 nitrogen and oxygen atoms in total. The molecule has 0 aliphatic carbocycles. The molecule has 1 N–H and O–H groups in total. The molecule has 1 saturated heterocycles. The predicted molar refractivity (Wildman–Crippen MR) is 133 cm³/mol. The van der Waals surface area contributed by atoms with E-state index in [9.17, 15) is 4.79 Å². The number of benzene rings is 3. The minimum absolute atomic E-state index is 0.182. The quantitative estimate of drug-likeness (QED) is 0.557. The van der Waals surface area contributed by atoms with Crippen molar-refractivity contribution in [3.63, 3.8) is 0 Å². The van der Waals surface area contributed by atoms with Crippen LogP contribution in [0.25, 0.3) is 0 Å². The summed E-state index contributed by atoms with van der Waals surface area (Å²) < 4.78 is 5.61. The number of carbonyl (C=O) groups excluding carboxylic acids is 1. The Morgan fingerprint density at radius 3 is 1.79 bits per heavy atom. The first kappa shape index (κ1) is 23.2. The van der Waals surface area contributed by atoms with E-state index in [0.29, 0.717) is 0 Å². The molecule has 0 bridgehead atoms. The summed E-state index contributed by atoms with van der Waals surface area (Å²) in [5.74, 6) is -0.182. The van der Waals surface area contributed by atoms with Crippen molar-refractivity contribution in [1.29, 1.82) is 0 Å². The van der Waals surface area contributed by atoms with Crippen molar-refractivity contribution in [2.24, 2.45) is 0 Å². The van der Waals surface area contributed by atoms with Gasteiger partial charge in [0.15, 0.2) is 5.60 Å². The van der Waals surface area contributed by atoms with Crippen LogP contribution in [0.4, 0.5) is 5.69 Å². The van der Waals surface area contributed by atoms with E-state index in [2.05, 4.69) is 57.6 Å². The van der Waals surface area contributed by atoms with E-state index in [-0.39, 0.29) is 5.91 Å². The molecule has 1 heterocycles. The monoisotopic (exact) mass is 443 g/mol. The average Bonchev–Trinajstić information content (AvgIpc) is 2.87. The van der Waals surface area contributed by atoms with Crippen molar-refractivity contribution in [3.8, 4) is 0 Å². The maximum Gasteiger partial charge on any atom is 0.260 e. The van der Waals surface area contributed by atoms with Crippen LogP contribution in [0.3, 0.4) is 0 Å². The molecular weight excluding hydrogens is 410 g/mol. The number of methoxy groups -OCH3 is 1. The van der Waals surface area contributed by atoms with Gasteiger partial charge in [-0.25, -0.2) is 0 Å². The van der Waals surface area contributed by atoms with E-state index < -0.39 is 5.60 Å². The molecule has 0 saturated carbocycles. The number of anilines is 1. The van der Waals surface area contributed by atoms with E-state index in [0.717, 1.165) is 50.5 Å². The number of nitrogens with one attached hydrogen (secondary N) is 1. The molecular formula is C28H33N3O2. The van der Waals surface area contributed by atoms with Crippen LogP contribution < -0.4 is 5.32 Å². The lowest BCUT2D eigenvalue weighted by Crippen LogP contribution is -2.45. The zero-order valence-corrected chi connectivity index (χ0v) is 19.5. The Hall–Kier alpha value is -2.99. The molecule has 1 aliphatic rings. The van der Waals surface area contributed by atoms with Crippen LogP contribution in [0, 0.1) is 0 Å². The minimum atomic E-state index is -1.04. The Bertz CT molecular complexity index is 1020. The highest BCUT2D eigenvalue weighted by molar-refractivity contribution is 5.97. The third-order valence-corrected chi connectivity index (χ3v) is 6.50. The van der Waals surface area contributed by atoms with Gasteiger partial charge in [-0.15, -0.1) is 0 Å². The van der Waals surface area contributed by atoms with Crippen molar-refractivity contribution in [3.05, 3.63) is 102 Å². The Morgan fingerprint density at radius 1 is 0.788 bits per heavy atom. The Kier molecular flexibility index (Phi) is 7.55. The summed E-state index contributed by atoms with van der Waals surface area (Å²) in [6, 6.07) is 28.4. The zero-order valence-electron chi connectivity index (χ0n) is 19.5. The topological polar surface area (TPSA) is 44.8 Å². The molecule has 0 aromatic heterocycles. The lowest BCUT2D eigenvalue weighted by molar-refractivity contribution is -0.136. The summed E-state index contributed by atoms with van der Waals surface area (Å²) in [7, 11) is 1.56. The van der Waals surface area contributed by atoms with Gasteiger partial charge in [0, 0.05) is 52.1 Å². The molecule has 1 atom stereocenters. The molecule has 0 radical (unpaired) electrons. The van der Waals surface area contributed by atoms with Crippen molar-refractivity contribution in [2.75, 3.05) is 38.6 Å². The van der Waals surface area contributed by atoms with Crippen LogP contribution in [-0.2, 0) is 28.2 Å². The summed E-state index contributed by atoms with van der Waals surface area (Å²) in [6.45, 7) is 8.03. The molecule has 3 aromatic carbocycles. The average molecular weight is 444 g/mol. The number of ether oxygens (including phenoxy) is 1. The third kappa shape index (κ3) is 5.88. The fourth-order valence-corrected chi connectivity index (χ4v) is 4.25. The van der Waals surface area contributed by atoms with E-state index in [1.54, 1.807) is 14.0 Å². The molecule has 33 heavy (non-hydrogen) atoms. The molecule has 3 aromatic rings. The number of carbonyl (C=O) groups is 1. The smallest absolute Gasteiger partial charge is 0.260 e. The number of piperazine rings is 1. The lowest BCUT2D eigenvalue weighted by Gasteiger charge is -2.34. The number of hydrogen-bond donors (Lipinski definition) is 1. The van der Waals surface area contributed by atoms with Crippen molar-refractivity contribution in [1.82, 2.24) is 9.80 Å². The van der Waals surface area contributed by atoms with Crippen molar-refractivity contribution >= 4 is 11.6 Å². The normalized spacial score (nSPS) is 16.8. The molecule has 0 spiro atoms. The second kappa shape index (κ2) is 10.8. The number of nitrogens with zero attached hydrogens (tertiary/aromatic N) is 2. The van der Waals surface area contributed by atoms with Gasteiger partial charge in [0.1, 0.15) is 0 Å². The first-order valence-electron chi connectivity index (χ1n) is 11.6. The van der Waals surface area contributed by atoms with Gasteiger partial charge < -0.3 is 10.1 Å². The molecule has 1 amide bonds. The molecule has 5 heteroatoms. The maximum absolute atomic E-state index is 13.0. The van der Waals surface area contributed by atoms with Gasteiger partial charge in [-0.05, 0) is 35.7 Å². The van der Waals surface area contributed by atoms with Gasteiger partial charge in [-0.1, -0.05) is 72.8 Å². The van der Waals surface area contributed by atoms with Gasteiger partial charge >= 0.3 is 0 Å². The number of amides is 1. The number of rotatable bonds is 8. The van der Waals surface area contributed by atoms with E-state index in [4.69, 9.17) is 4.74 Å². The van der Waals surface area contributed by atoms with Crippen LogP contribution in [0.2, 0.25) is 0 Å². The molecule has 172 valence electrons. The predicted octanol–water partition coefficient (Wildman–Crippen LogP) is 4.50. The molecule has 1 unspecified atom stereocenters. The lowest BCUT2D eigenvalue weighted by atomic mass is 9.94. The Morgan fingerprint density at radius 2 is 1.27 bits per heavy atom. The standard InChI is InChI=1S/C28H33N3O2/c1-28(33-2,25-11-7-4-8-12-25)27(32)29-26-15-13-24(14-16-26)22-31-19-17-30(18-20-31)21-23-9-5-3-6-10-23/h3-16H,17-22H2,1-2H3,(H,29,32). The maximum atomic E-state index is 13.0. The fraction of sp³-hybridized carbons (Fsp3) is 0.321. The van der Waals surface area contributed by atoms with E-state index in [1.807, 2.05) is 42.5 Å². The SMILES string of the molecule is COC(C)(C(=O)Nc1ccc(CN2CCN(Cc3ccccc3)CC2)cc1)c1ccccc1. The van der Waals surface area contributed by atoms with Crippen LogP contribution >= 0.6 is 0 Å². The summed E-state index contributed by atoms with van der Waals surface area (Å²) in [4.78, 5) is 18.0. The highest BCUT2D eigenvalue weighted by Gasteiger charge is 2.35. The van der Waals surface area contributed by atoms with Gasteiger partial charge in [0.25, 0.3) is 5.91 Å². The Labute approximate surface area is 197 Å². The van der Waals surface area contributed by atoms with Gasteiger partial charge in [0.2, 0.25) is 0 Å². The molecule has 4 rings (SSSR count). The first-order chi connectivity index (χ1) is 16.1. The first-order valence-corrected chi connectivity index (χ1v) is 11.6. The van der Waals surface area contributed by atoms with Crippen LogP contribution in [0.1, 0.15) is 23.6 Å². The van der Waals surface area contributed by atoms with Gasteiger partial charge in [-0.3, -0.25) is 14.6 Å². The Balaban J connectivity index is 1.28. The third-order valence-electron chi connectivity index (χ3n) is 6.50. The molecule has 1 fully saturated rings. The summed E-state index contributed by atoms with van der Waals surface area (Å²) in [5.41, 5.74) is 3.19. The van der Waals surface area contributed by atoms with Crippen LogP contribution in [-0.4, -0.2) is 49.0 Å². The second-order valence-corrected chi connectivity index (χ2v) is 8.79. The fourth-order valence-electron chi connectivity index (χ4n) is 4.25.